The molecular formula is C24H16O5. The lowest BCUT2D eigenvalue weighted by Crippen LogP contribution is -2.20. The summed E-state index contributed by atoms with van der Waals surface area (Å²) < 4.78 is 16.3. The lowest BCUT2D eigenvalue weighted by Gasteiger charge is -2.04. The summed E-state index contributed by atoms with van der Waals surface area (Å²) in [4.78, 5) is 25.1. The molecule has 0 atom stereocenters. The molecule has 2 heterocycles. The van der Waals surface area contributed by atoms with Gasteiger partial charge in [0.1, 0.15) is 17.3 Å². The van der Waals surface area contributed by atoms with Crippen molar-refractivity contribution in [3.8, 4) is 5.75 Å². The van der Waals surface area contributed by atoms with E-state index in [1.807, 2.05) is 43.3 Å². The predicted molar refractivity (Wildman–Crippen MR) is 106 cm³/mol. The first-order chi connectivity index (χ1) is 14.0. The Morgan fingerprint density at radius 3 is 1.59 bits per heavy atom. The van der Waals surface area contributed by atoms with Crippen LogP contribution in [-0.4, -0.2) is 19.0 Å². The molecule has 3 aromatic rings. The highest BCUT2D eigenvalue weighted by molar-refractivity contribution is 6.03. The zero-order valence-electron chi connectivity index (χ0n) is 15.8. The molecule has 0 spiro atoms. The fourth-order valence-corrected chi connectivity index (χ4v) is 3.59. The maximum atomic E-state index is 12.5. The lowest BCUT2D eigenvalue weighted by atomic mass is 10.0. The molecule has 2 aliphatic heterocycles. The van der Waals surface area contributed by atoms with Crippen LogP contribution in [0.5, 0.6) is 5.75 Å². The molecule has 0 aliphatic carbocycles. The Labute approximate surface area is 166 Å². The quantitative estimate of drug-likeness (QED) is 0.650. The third kappa shape index (κ3) is 2.70. The van der Waals surface area contributed by atoms with Gasteiger partial charge in [0, 0.05) is 21.6 Å². The molecular weight excluding hydrogens is 368 g/mol. The van der Waals surface area contributed by atoms with Gasteiger partial charge in [0.25, 0.3) is 0 Å². The van der Waals surface area contributed by atoms with E-state index in [0.717, 1.165) is 16.7 Å². The van der Waals surface area contributed by atoms with Gasteiger partial charge in [-0.3, -0.25) is 0 Å². The number of methoxy groups -OCH3 is 1. The molecule has 0 saturated heterocycles. The summed E-state index contributed by atoms with van der Waals surface area (Å²) >= 11 is 0. The summed E-state index contributed by atoms with van der Waals surface area (Å²) in [6, 6.07) is 18.3. The summed E-state index contributed by atoms with van der Waals surface area (Å²) in [7, 11) is 1.59. The first-order valence-electron chi connectivity index (χ1n) is 9.13. The van der Waals surface area contributed by atoms with Gasteiger partial charge in [-0.25, -0.2) is 9.59 Å². The Bertz CT molecular complexity index is 1300. The fourth-order valence-electron chi connectivity index (χ4n) is 3.59. The van der Waals surface area contributed by atoms with Gasteiger partial charge in [-0.1, -0.05) is 29.8 Å². The van der Waals surface area contributed by atoms with E-state index in [2.05, 4.69) is 0 Å². The number of aryl methyl sites for hydroxylation is 1. The molecule has 142 valence electrons. The Morgan fingerprint density at radius 1 is 0.690 bits per heavy atom. The van der Waals surface area contributed by atoms with Gasteiger partial charge < -0.3 is 14.2 Å². The zero-order valence-corrected chi connectivity index (χ0v) is 15.8. The van der Waals surface area contributed by atoms with Crippen LogP contribution in [0, 0.1) is 6.92 Å². The number of esters is 2. The number of rotatable bonds is 3. The van der Waals surface area contributed by atoms with E-state index in [-0.39, 0.29) is 0 Å². The van der Waals surface area contributed by atoms with Gasteiger partial charge >= 0.3 is 11.9 Å². The van der Waals surface area contributed by atoms with Crippen LogP contribution in [0.4, 0.5) is 0 Å². The maximum Gasteiger partial charge on any atom is 0.344 e. The van der Waals surface area contributed by atoms with Crippen LogP contribution in [0.2, 0.25) is 0 Å². The number of fused-ring (bicyclic) bond motifs is 2. The number of benzene rings is 3. The highest BCUT2D eigenvalue weighted by Crippen LogP contribution is 2.25. The molecule has 0 amide bonds. The molecule has 2 aliphatic rings. The number of hydrogen-bond donors (Lipinski definition) is 0. The van der Waals surface area contributed by atoms with Crippen molar-refractivity contribution in [1.29, 1.82) is 0 Å². The smallest absolute Gasteiger partial charge is 0.344 e. The standard InChI is InChI=1S/C24H16O5/c1-13-3-5-14(6-4-13)21-17-11-20-18(12-19(17)23(25)28-21)22(29-24(20)26)15-7-9-16(27-2)10-8-15/h3-12H,1-2H3. The van der Waals surface area contributed by atoms with E-state index in [9.17, 15) is 9.59 Å². The predicted octanol–water partition coefficient (Wildman–Crippen LogP) is 2.66. The minimum atomic E-state index is -0.448. The zero-order chi connectivity index (χ0) is 20.1. The van der Waals surface area contributed by atoms with Crippen LogP contribution in [0.3, 0.4) is 0 Å². The van der Waals surface area contributed by atoms with Crippen LogP contribution in [0.15, 0.2) is 60.7 Å². The van der Waals surface area contributed by atoms with Gasteiger partial charge in [0.2, 0.25) is 0 Å². The number of hydrogen-bond acceptors (Lipinski definition) is 5. The van der Waals surface area contributed by atoms with Gasteiger partial charge in [-0.15, -0.1) is 0 Å². The normalized spacial score (nSPS) is 14.4. The summed E-state index contributed by atoms with van der Waals surface area (Å²) in [5, 5.41) is 1.19. The molecule has 0 radical (unpaired) electrons. The van der Waals surface area contributed by atoms with Crippen molar-refractivity contribution < 1.29 is 23.8 Å². The number of carbonyl (C=O) groups is 2. The van der Waals surface area contributed by atoms with E-state index >= 15 is 0 Å². The van der Waals surface area contributed by atoms with Gasteiger partial charge in [-0.05, 0) is 43.3 Å². The molecule has 5 rings (SSSR count). The molecule has 0 saturated carbocycles. The third-order valence-electron chi connectivity index (χ3n) is 5.14. The minimum absolute atomic E-state index is 0.414. The molecule has 29 heavy (non-hydrogen) atoms. The highest BCUT2D eigenvalue weighted by atomic mass is 16.5. The monoisotopic (exact) mass is 384 g/mol. The van der Waals surface area contributed by atoms with E-state index < -0.39 is 11.9 Å². The van der Waals surface area contributed by atoms with E-state index in [1.54, 1.807) is 31.4 Å². The van der Waals surface area contributed by atoms with Gasteiger partial charge in [0.15, 0.2) is 0 Å². The van der Waals surface area contributed by atoms with Gasteiger partial charge in [-0.2, -0.15) is 0 Å². The minimum Gasteiger partial charge on any atom is -0.497 e. The summed E-state index contributed by atoms with van der Waals surface area (Å²) in [5.74, 6) is 0.697. The van der Waals surface area contributed by atoms with Crippen molar-refractivity contribution in [2.45, 2.75) is 6.92 Å². The van der Waals surface area contributed by atoms with Crippen LogP contribution < -0.4 is 15.2 Å². The molecule has 5 heteroatoms. The summed E-state index contributed by atoms with van der Waals surface area (Å²) in [6.07, 6.45) is 0. The summed E-state index contributed by atoms with van der Waals surface area (Å²) in [5.41, 5.74) is 3.46. The lowest BCUT2D eigenvalue weighted by molar-refractivity contribution is 0.0698. The number of cyclic esters (lactones) is 2. The van der Waals surface area contributed by atoms with Crippen molar-refractivity contribution in [2.24, 2.45) is 0 Å². The molecule has 0 N–H and O–H groups in total. The fraction of sp³-hybridized carbons (Fsp3) is 0.0833. The van der Waals surface area contributed by atoms with Crippen LogP contribution in [0.1, 0.15) is 37.4 Å². The molecule has 0 aromatic heterocycles. The second-order valence-corrected chi connectivity index (χ2v) is 6.98. The van der Waals surface area contributed by atoms with Crippen molar-refractivity contribution in [2.75, 3.05) is 7.11 Å². The molecule has 0 unspecified atom stereocenters. The number of carbonyl (C=O) groups excluding carboxylic acids is 2. The maximum absolute atomic E-state index is 12.5. The third-order valence-corrected chi connectivity index (χ3v) is 5.14. The van der Waals surface area contributed by atoms with Crippen molar-refractivity contribution in [1.82, 2.24) is 0 Å². The van der Waals surface area contributed by atoms with E-state index in [0.29, 0.717) is 38.8 Å². The molecule has 0 bridgehead atoms. The first-order valence-corrected chi connectivity index (χ1v) is 9.13. The Kier molecular flexibility index (Phi) is 3.77. The molecule has 5 nitrogen and oxygen atoms in total. The SMILES string of the molecule is COc1ccc(C2=c3cc4c(cc3C(=O)O2)=C(c2ccc(C)cc2)OC4=O)cc1. The van der Waals surface area contributed by atoms with E-state index in [4.69, 9.17) is 14.2 Å². The second-order valence-electron chi connectivity index (χ2n) is 6.98. The Morgan fingerprint density at radius 2 is 1.14 bits per heavy atom. The topological polar surface area (TPSA) is 61.8 Å². The second kappa shape index (κ2) is 6.34. The van der Waals surface area contributed by atoms with Crippen LogP contribution in [-0.2, 0) is 9.47 Å². The molecule has 0 fully saturated rings. The van der Waals surface area contributed by atoms with Crippen LogP contribution in [0.25, 0.3) is 11.5 Å². The highest BCUT2D eigenvalue weighted by Gasteiger charge is 2.30. The van der Waals surface area contributed by atoms with E-state index in [1.165, 1.54) is 0 Å². The number of ether oxygens (including phenoxy) is 3. The average molecular weight is 384 g/mol. The average Bonchev–Trinajstić information content (AvgIpc) is 3.24. The summed E-state index contributed by atoms with van der Waals surface area (Å²) in [6.45, 7) is 1.99. The Hall–Kier alpha value is -3.86. The largest absolute Gasteiger partial charge is 0.497 e. The molecule has 3 aromatic carbocycles. The van der Waals surface area contributed by atoms with Crippen molar-refractivity contribution >= 4 is 23.5 Å². The Balaban J connectivity index is 1.74. The van der Waals surface area contributed by atoms with Crippen molar-refractivity contribution in [3.05, 3.63) is 98.9 Å². The first kappa shape index (κ1) is 17.3. The van der Waals surface area contributed by atoms with Gasteiger partial charge in [0.05, 0.1) is 18.2 Å². The van der Waals surface area contributed by atoms with Crippen molar-refractivity contribution in [3.63, 3.8) is 0 Å². The van der Waals surface area contributed by atoms with Crippen LogP contribution >= 0.6 is 0 Å².